The number of ether oxygens (including phenoxy) is 2. The first-order chi connectivity index (χ1) is 15.0. The molecular weight excluding hydrogens is 401 g/mol. The van der Waals surface area contributed by atoms with Crippen molar-refractivity contribution in [2.45, 2.75) is 37.8 Å². The van der Waals surface area contributed by atoms with Gasteiger partial charge in [-0.05, 0) is 43.9 Å². The van der Waals surface area contributed by atoms with Crippen LogP contribution >= 0.6 is 0 Å². The van der Waals surface area contributed by atoms with Crippen molar-refractivity contribution in [3.05, 3.63) is 54.2 Å². The third-order valence-corrected chi connectivity index (χ3v) is 5.36. The van der Waals surface area contributed by atoms with Gasteiger partial charge in [0.2, 0.25) is 0 Å². The molecule has 2 heterocycles. The first kappa shape index (κ1) is 20.8. The highest BCUT2D eigenvalue weighted by Crippen LogP contribution is 2.25. The molecule has 4 rings (SSSR count). The van der Waals surface area contributed by atoms with Crippen molar-refractivity contribution in [3.63, 3.8) is 0 Å². The molecule has 1 aliphatic rings. The largest absolute Gasteiger partial charge is 0.497 e. The van der Waals surface area contributed by atoms with Crippen LogP contribution in [0.5, 0.6) is 11.8 Å². The van der Waals surface area contributed by atoms with Gasteiger partial charge in [-0.2, -0.15) is 5.10 Å². The smallest absolute Gasteiger partial charge is 0.316 e. The van der Waals surface area contributed by atoms with Crippen molar-refractivity contribution in [1.82, 2.24) is 25.1 Å². The van der Waals surface area contributed by atoms with Crippen LogP contribution in [0.3, 0.4) is 0 Å². The Hall–Kier alpha value is -3.49. The van der Waals surface area contributed by atoms with E-state index in [4.69, 9.17) is 9.47 Å². The minimum atomic E-state index is -0.497. The van der Waals surface area contributed by atoms with Gasteiger partial charge >= 0.3 is 6.01 Å². The second kappa shape index (κ2) is 9.11. The fourth-order valence-corrected chi connectivity index (χ4v) is 3.70. The van der Waals surface area contributed by atoms with Gasteiger partial charge in [-0.25, -0.2) is 14.4 Å². The van der Waals surface area contributed by atoms with E-state index in [1.165, 1.54) is 0 Å². The number of hydrogen-bond donors (Lipinski definition) is 1. The summed E-state index contributed by atoms with van der Waals surface area (Å²) in [5, 5.41) is 7.57. The van der Waals surface area contributed by atoms with E-state index < -0.39 is 5.82 Å². The van der Waals surface area contributed by atoms with Gasteiger partial charge < -0.3 is 14.8 Å². The zero-order valence-electron chi connectivity index (χ0n) is 17.4. The number of carbonyl (C=O) groups excluding carboxylic acids is 1. The Kier molecular flexibility index (Phi) is 6.11. The summed E-state index contributed by atoms with van der Waals surface area (Å²) in [6, 6.07) is 9.58. The van der Waals surface area contributed by atoms with Crippen molar-refractivity contribution < 1.29 is 18.7 Å². The Morgan fingerprint density at radius 1 is 1.16 bits per heavy atom. The van der Waals surface area contributed by atoms with Crippen LogP contribution in [0.2, 0.25) is 0 Å². The van der Waals surface area contributed by atoms with Crippen molar-refractivity contribution in [3.8, 4) is 23.0 Å². The second-order valence-corrected chi connectivity index (χ2v) is 7.52. The molecule has 162 valence electrons. The number of aromatic nitrogens is 4. The van der Waals surface area contributed by atoms with Crippen molar-refractivity contribution in [2.75, 3.05) is 7.11 Å². The number of nitrogens with one attached hydrogen (secondary N) is 1. The lowest BCUT2D eigenvalue weighted by molar-refractivity contribution is 0.0876. The van der Waals surface area contributed by atoms with E-state index in [0.29, 0.717) is 11.4 Å². The van der Waals surface area contributed by atoms with Gasteiger partial charge in [0.15, 0.2) is 5.82 Å². The summed E-state index contributed by atoms with van der Waals surface area (Å²) in [4.78, 5) is 20.5. The predicted octanol–water partition coefficient (Wildman–Crippen LogP) is 3.14. The number of hydrogen-bond acceptors (Lipinski definition) is 6. The first-order valence-corrected chi connectivity index (χ1v) is 10.2. The van der Waals surface area contributed by atoms with E-state index in [2.05, 4.69) is 20.4 Å². The molecule has 2 aromatic heterocycles. The molecule has 0 aliphatic heterocycles. The highest BCUT2D eigenvalue weighted by atomic mass is 19.1. The Balaban J connectivity index is 1.34. The molecule has 0 spiro atoms. The van der Waals surface area contributed by atoms with Gasteiger partial charge in [0, 0.05) is 18.7 Å². The van der Waals surface area contributed by atoms with Gasteiger partial charge in [-0.1, -0.05) is 12.1 Å². The van der Waals surface area contributed by atoms with Gasteiger partial charge in [-0.15, -0.1) is 0 Å². The molecule has 1 aliphatic carbocycles. The molecule has 1 N–H and O–H groups in total. The average molecular weight is 425 g/mol. The maximum absolute atomic E-state index is 12.9. The number of nitrogens with zero attached hydrogens (tertiary/aromatic N) is 4. The van der Waals surface area contributed by atoms with Crippen molar-refractivity contribution in [1.29, 1.82) is 0 Å². The summed E-state index contributed by atoms with van der Waals surface area (Å²) in [6.45, 7) is 0. The average Bonchev–Trinajstić information content (AvgIpc) is 3.18. The van der Waals surface area contributed by atoms with Gasteiger partial charge in [-0.3, -0.25) is 9.48 Å². The minimum Gasteiger partial charge on any atom is -0.497 e. The summed E-state index contributed by atoms with van der Waals surface area (Å²) in [7, 11) is 3.37. The highest BCUT2D eigenvalue weighted by molar-refractivity contribution is 5.93. The van der Waals surface area contributed by atoms with Crippen LogP contribution in [0.25, 0.3) is 11.3 Å². The first-order valence-electron chi connectivity index (χ1n) is 10.2. The Morgan fingerprint density at radius 3 is 2.61 bits per heavy atom. The molecule has 0 radical (unpaired) electrons. The summed E-state index contributed by atoms with van der Waals surface area (Å²) in [5.74, 6) is 0.0815. The second-order valence-electron chi connectivity index (χ2n) is 7.52. The van der Waals surface area contributed by atoms with Crippen molar-refractivity contribution >= 4 is 5.91 Å². The van der Waals surface area contributed by atoms with Gasteiger partial charge in [0.05, 0.1) is 25.2 Å². The molecule has 3 aromatic rings. The summed E-state index contributed by atoms with van der Waals surface area (Å²) in [6.07, 6.45) is 5.19. The maximum Gasteiger partial charge on any atom is 0.316 e. The molecule has 0 saturated heterocycles. The molecule has 1 fully saturated rings. The van der Waals surface area contributed by atoms with E-state index in [1.807, 2.05) is 24.3 Å². The van der Waals surface area contributed by atoms with E-state index in [0.717, 1.165) is 49.4 Å². The third-order valence-electron chi connectivity index (χ3n) is 5.36. The summed E-state index contributed by atoms with van der Waals surface area (Å²) in [5.41, 5.74) is 2.09. The number of amides is 1. The summed E-state index contributed by atoms with van der Waals surface area (Å²) >= 11 is 0. The Bertz CT molecular complexity index is 1050. The number of rotatable bonds is 6. The standard InChI is InChI=1S/C22H24FN5O3/c1-28-20(11-19(27-28)14-4-3-5-18(10-14)30-2)21(29)26-16-6-8-17(9-7-16)31-22-24-12-15(23)13-25-22/h3-5,10-13,16-17H,6-9H2,1-2H3,(H,26,29). The molecule has 0 unspecified atom stereocenters. The molecule has 0 atom stereocenters. The quantitative estimate of drug-likeness (QED) is 0.652. The van der Waals surface area contributed by atoms with Crippen LogP contribution in [-0.4, -0.2) is 44.9 Å². The van der Waals surface area contributed by atoms with E-state index in [1.54, 1.807) is 24.9 Å². The van der Waals surface area contributed by atoms with Crippen molar-refractivity contribution in [2.24, 2.45) is 7.05 Å². The van der Waals surface area contributed by atoms with Crippen LogP contribution in [0.1, 0.15) is 36.2 Å². The predicted molar refractivity (Wildman–Crippen MR) is 111 cm³/mol. The zero-order valence-corrected chi connectivity index (χ0v) is 17.4. The van der Waals surface area contributed by atoms with Crippen LogP contribution < -0.4 is 14.8 Å². The lowest BCUT2D eigenvalue weighted by Gasteiger charge is -2.28. The maximum atomic E-state index is 12.9. The number of halogens is 1. The topological polar surface area (TPSA) is 91.2 Å². The fourth-order valence-electron chi connectivity index (χ4n) is 3.70. The van der Waals surface area contributed by atoms with E-state index in [9.17, 15) is 9.18 Å². The molecular formula is C22H24FN5O3. The molecule has 8 nitrogen and oxygen atoms in total. The van der Waals surface area contributed by atoms with Crippen LogP contribution in [0.4, 0.5) is 4.39 Å². The summed E-state index contributed by atoms with van der Waals surface area (Å²) < 4.78 is 25.5. The lowest BCUT2D eigenvalue weighted by atomic mass is 9.93. The highest BCUT2D eigenvalue weighted by Gasteiger charge is 2.25. The molecule has 0 bridgehead atoms. The number of carbonyl (C=O) groups is 1. The lowest BCUT2D eigenvalue weighted by Crippen LogP contribution is -2.40. The Labute approximate surface area is 179 Å². The van der Waals surface area contributed by atoms with Crippen LogP contribution in [-0.2, 0) is 7.05 Å². The third kappa shape index (κ3) is 4.99. The molecule has 1 aromatic carbocycles. The number of aryl methyl sites for hydroxylation is 1. The fraction of sp³-hybridized carbons (Fsp3) is 0.364. The zero-order chi connectivity index (χ0) is 21.8. The number of methoxy groups -OCH3 is 1. The van der Waals surface area contributed by atoms with Gasteiger partial charge in [0.25, 0.3) is 5.91 Å². The van der Waals surface area contributed by atoms with Gasteiger partial charge in [0.1, 0.15) is 17.5 Å². The molecule has 31 heavy (non-hydrogen) atoms. The van der Waals surface area contributed by atoms with E-state index in [-0.39, 0.29) is 24.1 Å². The molecule has 1 amide bonds. The van der Waals surface area contributed by atoms with Crippen LogP contribution in [0, 0.1) is 5.82 Å². The SMILES string of the molecule is COc1cccc(-c2cc(C(=O)NC3CCC(Oc4ncc(F)cn4)CC3)n(C)n2)c1. The van der Waals surface area contributed by atoms with E-state index >= 15 is 0 Å². The monoisotopic (exact) mass is 425 g/mol. The minimum absolute atomic E-state index is 0.0463. The van der Waals surface area contributed by atoms with Crippen LogP contribution in [0.15, 0.2) is 42.7 Å². The molecule has 9 heteroatoms. The number of benzene rings is 1. The normalized spacial score (nSPS) is 18.4. The molecule has 1 saturated carbocycles. The Morgan fingerprint density at radius 2 is 1.90 bits per heavy atom.